The topological polar surface area (TPSA) is 144 Å². The molecule has 10 nitrogen and oxygen atoms in total. The molecule has 1 atom stereocenters. The van der Waals surface area contributed by atoms with Gasteiger partial charge in [-0.2, -0.15) is 13.5 Å². The molecule has 1 fully saturated rings. The molecule has 1 saturated heterocycles. The minimum absolute atomic E-state index is 0. The van der Waals surface area contributed by atoms with Crippen LogP contribution in [0.3, 0.4) is 0 Å². The van der Waals surface area contributed by atoms with Gasteiger partial charge in [0.1, 0.15) is 41.2 Å². The summed E-state index contributed by atoms with van der Waals surface area (Å²) in [5.41, 5.74) is 0.798. The SMILES string of the molecule is Cc1cc(OCC2CCN(C=NN)CC2)cc(OS(=O)(=O)c2cccc(OCC(O)CO)c2)c1.Cl. The van der Waals surface area contributed by atoms with Crippen molar-refractivity contribution in [2.75, 3.05) is 32.9 Å². The lowest BCUT2D eigenvalue weighted by atomic mass is 9.98. The van der Waals surface area contributed by atoms with Crippen molar-refractivity contribution in [3.63, 3.8) is 0 Å². The molecule has 2 aromatic rings. The van der Waals surface area contributed by atoms with Gasteiger partial charge in [0, 0.05) is 25.2 Å². The second-order valence-corrected chi connectivity index (χ2v) is 9.74. The molecule has 4 N–H and O–H groups in total. The lowest BCUT2D eigenvalue weighted by molar-refractivity contribution is 0.0535. The van der Waals surface area contributed by atoms with Crippen LogP contribution in [-0.4, -0.2) is 68.9 Å². The van der Waals surface area contributed by atoms with Crippen molar-refractivity contribution in [2.24, 2.45) is 16.9 Å². The van der Waals surface area contributed by atoms with E-state index in [-0.39, 0.29) is 35.4 Å². The van der Waals surface area contributed by atoms with Gasteiger partial charge in [0.15, 0.2) is 0 Å². The summed E-state index contributed by atoms with van der Waals surface area (Å²) in [7, 11) is -4.14. The van der Waals surface area contributed by atoms with E-state index in [1.165, 1.54) is 18.2 Å². The molecular weight excluding hydrogens is 498 g/mol. The zero-order valence-electron chi connectivity index (χ0n) is 19.4. The highest BCUT2D eigenvalue weighted by molar-refractivity contribution is 7.87. The molecule has 3 rings (SSSR count). The Labute approximate surface area is 211 Å². The second-order valence-electron chi connectivity index (χ2n) is 8.20. The third-order valence-corrected chi connectivity index (χ3v) is 6.59. The van der Waals surface area contributed by atoms with Crippen molar-refractivity contribution in [2.45, 2.75) is 30.8 Å². The molecule has 1 heterocycles. The first kappa shape index (κ1) is 28.5. The summed E-state index contributed by atoms with van der Waals surface area (Å²) in [5, 5.41) is 21.8. The zero-order valence-corrected chi connectivity index (χ0v) is 21.1. The van der Waals surface area contributed by atoms with Crippen LogP contribution in [0.2, 0.25) is 0 Å². The maximum absolute atomic E-state index is 12.8. The van der Waals surface area contributed by atoms with Crippen LogP contribution in [0.5, 0.6) is 17.2 Å². The maximum atomic E-state index is 12.8. The Kier molecular flexibility index (Phi) is 10.9. The largest absolute Gasteiger partial charge is 0.493 e. The second kappa shape index (κ2) is 13.4. The molecule has 0 aliphatic carbocycles. The Bertz CT molecular complexity index is 1080. The van der Waals surface area contributed by atoms with E-state index >= 15 is 0 Å². The number of rotatable bonds is 11. The van der Waals surface area contributed by atoms with Crippen LogP contribution in [0, 0.1) is 12.8 Å². The van der Waals surface area contributed by atoms with E-state index in [4.69, 9.17) is 24.6 Å². The Morgan fingerprint density at radius 3 is 2.54 bits per heavy atom. The van der Waals surface area contributed by atoms with Gasteiger partial charge in [0.25, 0.3) is 0 Å². The minimum atomic E-state index is -4.14. The number of aliphatic hydroxyl groups excluding tert-OH is 2. The predicted octanol–water partition coefficient (Wildman–Crippen LogP) is 1.91. The highest BCUT2D eigenvalue weighted by Gasteiger charge is 2.20. The third kappa shape index (κ3) is 8.77. The van der Waals surface area contributed by atoms with Crippen LogP contribution in [-0.2, 0) is 10.1 Å². The number of likely N-dealkylation sites (tertiary alicyclic amines) is 1. The van der Waals surface area contributed by atoms with Crippen molar-refractivity contribution in [1.29, 1.82) is 0 Å². The minimum Gasteiger partial charge on any atom is -0.493 e. The van der Waals surface area contributed by atoms with Crippen LogP contribution >= 0.6 is 12.4 Å². The first-order valence-electron chi connectivity index (χ1n) is 11.0. The van der Waals surface area contributed by atoms with Gasteiger partial charge >= 0.3 is 10.1 Å². The maximum Gasteiger partial charge on any atom is 0.339 e. The van der Waals surface area contributed by atoms with E-state index in [2.05, 4.69) is 10.0 Å². The molecule has 0 amide bonds. The number of halogens is 1. The van der Waals surface area contributed by atoms with E-state index in [9.17, 15) is 13.5 Å². The summed E-state index contributed by atoms with van der Waals surface area (Å²) in [6, 6.07) is 10.7. The van der Waals surface area contributed by atoms with Crippen LogP contribution < -0.4 is 19.5 Å². The summed E-state index contributed by atoms with van der Waals surface area (Å²) in [4.78, 5) is 1.97. The summed E-state index contributed by atoms with van der Waals surface area (Å²) >= 11 is 0. The van der Waals surface area contributed by atoms with Crippen LogP contribution in [0.15, 0.2) is 52.5 Å². The van der Waals surface area contributed by atoms with E-state index < -0.39 is 22.8 Å². The van der Waals surface area contributed by atoms with E-state index in [1.54, 1.807) is 24.5 Å². The number of ether oxygens (including phenoxy) is 2. The molecular formula is C23H32ClN3O7S. The number of piperidine rings is 1. The lowest BCUT2D eigenvalue weighted by Crippen LogP contribution is -2.34. The van der Waals surface area contributed by atoms with Crippen molar-refractivity contribution < 1.29 is 32.3 Å². The molecule has 35 heavy (non-hydrogen) atoms. The molecule has 12 heteroatoms. The molecule has 1 aliphatic rings. The highest BCUT2D eigenvalue weighted by atomic mass is 35.5. The van der Waals surface area contributed by atoms with Crippen molar-refractivity contribution >= 4 is 28.9 Å². The standard InChI is InChI=1S/C23H31N3O7S.ClH/c1-17-9-21(31-14-18-5-7-26(8-6-18)16-25-24)11-22(10-17)33-34(29,30)23-4-2-3-20(12-23)32-15-19(28)13-27;/h2-4,9-12,16,18-19,27-28H,5-8,13-15,24H2,1H3;1H. The Morgan fingerprint density at radius 2 is 1.86 bits per heavy atom. The fourth-order valence-electron chi connectivity index (χ4n) is 3.53. The molecule has 194 valence electrons. The first-order chi connectivity index (χ1) is 16.3. The van der Waals surface area contributed by atoms with Gasteiger partial charge in [-0.05, 0) is 55.5 Å². The number of benzene rings is 2. The predicted molar refractivity (Wildman–Crippen MR) is 134 cm³/mol. The average Bonchev–Trinajstić information content (AvgIpc) is 2.82. The summed E-state index contributed by atoms with van der Waals surface area (Å²) in [6.45, 7) is 3.44. The number of hydrogen-bond donors (Lipinski definition) is 3. The first-order valence-corrected chi connectivity index (χ1v) is 12.4. The normalized spacial score (nSPS) is 15.5. The Morgan fingerprint density at radius 1 is 1.14 bits per heavy atom. The van der Waals surface area contributed by atoms with E-state index in [0.717, 1.165) is 31.5 Å². The third-order valence-electron chi connectivity index (χ3n) is 5.34. The van der Waals surface area contributed by atoms with Crippen molar-refractivity contribution in [1.82, 2.24) is 4.90 Å². The molecule has 0 radical (unpaired) electrons. The molecule has 0 saturated carbocycles. The molecule has 0 aromatic heterocycles. The fraction of sp³-hybridized carbons (Fsp3) is 0.435. The fourth-order valence-corrected chi connectivity index (χ4v) is 4.48. The lowest BCUT2D eigenvalue weighted by Gasteiger charge is -2.30. The average molecular weight is 530 g/mol. The van der Waals surface area contributed by atoms with Crippen LogP contribution in [0.25, 0.3) is 0 Å². The van der Waals surface area contributed by atoms with Crippen molar-refractivity contribution in [3.8, 4) is 17.2 Å². The number of nitrogens with two attached hydrogens (primary N) is 1. The number of aliphatic hydroxyl groups is 2. The quantitative estimate of drug-likeness (QED) is 0.131. The molecule has 1 aliphatic heterocycles. The number of nitrogens with zero attached hydrogens (tertiary/aromatic N) is 2. The van der Waals surface area contributed by atoms with Crippen LogP contribution in [0.4, 0.5) is 0 Å². The van der Waals surface area contributed by atoms with E-state index in [1.807, 2.05) is 13.0 Å². The number of hydrazone groups is 1. The molecule has 0 bridgehead atoms. The van der Waals surface area contributed by atoms with Gasteiger partial charge in [0.2, 0.25) is 0 Å². The van der Waals surface area contributed by atoms with Gasteiger partial charge in [-0.3, -0.25) is 0 Å². The number of aryl methyl sites for hydroxylation is 1. The van der Waals surface area contributed by atoms with Crippen molar-refractivity contribution in [3.05, 3.63) is 48.0 Å². The highest BCUT2D eigenvalue weighted by Crippen LogP contribution is 2.28. The summed E-state index contributed by atoms with van der Waals surface area (Å²) in [6.07, 6.45) is 2.48. The summed E-state index contributed by atoms with van der Waals surface area (Å²) in [5.74, 6) is 6.49. The molecule has 1 unspecified atom stereocenters. The van der Waals surface area contributed by atoms with Gasteiger partial charge in [-0.15, -0.1) is 12.4 Å². The van der Waals surface area contributed by atoms with Gasteiger partial charge < -0.3 is 34.6 Å². The van der Waals surface area contributed by atoms with E-state index in [0.29, 0.717) is 18.3 Å². The zero-order chi connectivity index (χ0) is 24.6. The Balaban J connectivity index is 0.00000432. The molecule has 0 spiro atoms. The van der Waals surface area contributed by atoms with Gasteiger partial charge in [-0.1, -0.05) is 6.07 Å². The smallest absolute Gasteiger partial charge is 0.339 e. The summed E-state index contributed by atoms with van der Waals surface area (Å²) < 4.78 is 42.3. The number of hydrogen-bond acceptors (Lipinski definition) is 9. The monoisotopic (exact) mass is 529 g/mol. The van der Waals surface area contributed by atoms with Gasteiger partial charge in [-0.25, -0.2) is 0 Å². The Hall–Kier alpha value is -2.73. The van der Waals surface area contributed by atoms with Gasteiger partial charge in [0.05, 0.1) is 13.2 Å². The molecule has 2 aromatic carbocycles. The van der Waals surface area contributed by atoms with Crippen LogP contribution in [0.1, 0.15) is 18.4 Å².